The molecule has 0 aromatic heterocycles. The lowest BCUT2D eigenvalue weighted by Crippen LogP contribution is -2.42. The molecule has 1 atom stereocenters. The first kappa shape index (κ1) is 16.6. The summed E-state index contributed by atoms with van der Waals surface area (Å²) in [5, 5.41) is 9.01. The van der Waals surface area contributed by atoms with E-state index in [-0.39, 0.29) is 18.1 Å². The van der Waals surface area contributed by atoms with Gasteiger partial charge >= 0.3 is 5.97 Å². The van der Waals surface area contributed by atoms with E-state index in [2.05, 4.69) is 4.72 Å². The predicted octanol–water partition coefficient (Wildman–Crippen LogP) is 1.74. The monoisotopic (exact) mass is 303 g/mol. The van der Waals surface area contributed by atoms with E-state index >= 15 is 0 Å². The van der Waals surface area contributed by atoms with Gasteiger partial charge in [-0.1, -0.05) is 26.0 Å². The van der Waals surface area contributed by atoms with Gasteiger partial charge in [-0.15, -0.1) is 0 Å². The predicted molar refractivity (Wildman–Crippen MR) is 73.0 cm³/mol. The van der Waals surface area contributed by atoms with Crippen LogP contribution in [0.15, 0.2) is 24.3 Å². The van der Waals surface area contributed by atoms with Crippen LogP contribution < -0.4 is 4.72 Å². The fourth-order valence-electron chi connectivity index (χ4n) is 1.73. The van der Waals surface area contributed by atoms with Crippen LogP contribution in [0.3, 0.4) is 0 Å². The number of aliphatic carboxylic acids is 1. The van der Waals surface area contributed by atoms with Gasteiger partial charge in [0.1, 0.15) is 11.9 Å². The highest BCUT2D eigenvalue weighted by atomic mass is 32.2. The van der Waals surface area contributed by atoms with Crippen LogP contribution >= 0.6 is 0 Å². The Hall–Kier alpha value is -1.47. The number of hydrogen-bond donors (Lipinski definition) is 2. The minimum absolute atomic E-state index is 0.0459. The molecule has 0 aliphatic carbocycles. The summed E-state index contributed by atoms with van der Waals surface area (Å²) in [6.45, 7) is 3.62. The van der Waals surface area contributed by atoms with Crippen molar-refractivity contribution < 1.29 is 22.7 Å². The molecule has 0 fully saturated rings. The Morgan fingerprint density at radius 3 is 2.30 bits per heavy atom. The number of carboxylic acid groups (broad SMARTS) is 1. The number of nitrogens with one attached hydrogen (secondary N) is 1. The summed E-state index contributed by atoms with van der Waals surface area (Å²) in [5.41, 5.74) is 0.396. The zero-order valence-corrected chi connectivity index (χ0v) is 12.2. The van der Waals surface area contributed by atoms with Crippen molar-refractivity contribution in [2.24, 2.45) is 5.92 Å². The molecule has 0 radical (unpaired) electrons. The van der Waals surface area contributed by atoms with Crippen LogP contribution in [0, 0.1) is 11.7 Å². The first-order valence-corrected chi connectivity index (χ1v) is 7.82. The van der Waals surface area contributed by atoms with Gasteiger partial charge in [0.2, 0.25) is 10.0 Å². The SMILES string of the molecule is CC(C)C[C@@H](NS(=O)(=O)Cc1ccc(F)cc1)C(=O)O. The van der Waals surface area contributed by atoms with E-state index in [0.717, 1.165) is 12.1 Å². The third-order valence-corrected chi connectivity index (χ3v) is 3.95. The molecule has 0 saturated carbocycles. The standard InChI is InChI=1S/C13H18FNO4S/c1-9(2)7-12(13(16)17)15-20(18,19)8-10-3-5-11(14)6-4-10/h3-6,9,12,15H,7-8H2,1-2H3,(H,16,17)/t12-/m1/s1. The van der Waals surface area contributed by atoms with Crippen LogP contribution in [0.1, 0.15) is 25.8 Å². The van der Waals surface area contributed by atoms with Crippen LogP contribution in [-0.4, -0.2) is 25.5 Å². The van der Waals surface area contributed by atoms with E-state index in [0.29, 0.717) is 5.56 Å². The van der Waals surface area contributed by atoms with E-state index in [1.807, 2.05) is 13.8 Å². The summed E-state index contributed by atoms with van der Waals surface area (Å²) in [5.74, 6) is -2.00. The molecule has 5 nitrogen and oxygen atoms in total. The van der Waals surface area contributed by atoms with Gasteiger partial charge in [-0.3, -0.25) is 4.79 Å². The molecule has 112 valence electrons. The van der Waals surface area contributed by atoms with Gasteiger partial charge in [0.05, 0.1) is 5.75 Å². The van der Waals surface area contributed by atoms with E-state index < -0.39 is 27.9 Å². The smallest absolute Gasteiger partial charge is 0.321 e. The molecule has 0 saturated heterocycles. The highest BCUT2D eigenvalue weighted by Gasteiger charge is 2.24. The number of benzene rings is 1. The molecule has 0 amide bonds. The van der Waals surface area contributed by atoms with Crippen molar-refractivity contribution in [3.63, 3.8) is 0 Å². The minimum atomic E-state index is -3.79. The van der Waals surface area contributed by atoms with Crippen molar-refractivity contribution in [2.75, 3.05) is 0 Å². The van der Waals surface area contributed by atoms with Crippen molar-refractivity contribution in [3.05, 3.63) is 35.6 Å². The van der Waals surface area contributed by atoms with Gasteiger partial charge in [0.25, 0.3) is 0 Å². The van der Waals surface area contributed by atoms with E-state index in [4.69, 9.17) is 5.11 Å². The average molecular weight is 303 g/mol. The van der Waals surface area contributed by atoms with Crippen molar-refractivity contribution in [2.45, 2.75) is 32.1 Å². The van der Waals surface area contributed by atoms with Crippen LogP contribution in [0.25, 0.3) is 0 Å². The first-order chi connectivity index (χ1) is 9.19. The van der Waals surface area contributed by atoms with E-state index in [9.17, 15) is 17.6 Å². The number of rotatable bonds is 7. The summed E-state index contributed by atoms with van der Waals surface area (Å²) in [7, 11) is -3.79. The van der Waals surface area contributed by atoms with Crippen LogP contribution in [0.4, 0.5) is 4.39 Å². The lowest BCUT2D eigenvalue weighted by atomic mass is 10.1. The molecule has 0 aliphatic rings. The fraction of sp³-hybridized carbons (Fsp3) is 0.462. The Kier molecular flexibility index (Phi) is 5.64. The van der Waals surface area contributed by atoms with Gasteiger partial charge in [-0.25, -0.2) is 17.5 Å². The molecule has 1 aromatic carbocycles. The maximum absolute atomic E-state index is 12.7. The van der Waals surface area contributed by atoms with Gasteiger partial charge in [0.15, 0.2) is 0 Å². The Labute approximate surface area is 117 Å². The minimum Gasteiger partial charge on any atom is -0.480 e. The summed E-state index contributed by atoms with van der Waals surface area (Å²) >= 11 is 0. The normalized spacial score (nSPS) is 13.4. The van der Waals surface area contributed by atoms with Crippen molar-refractivity contribution in [3.8, 4) is 0 Å². The van der Waals surface area contributed by atoms with Crippen molar-refractivity contribution in [1.29, 1.82) is 0 Å². The topological polar surface area (TPSA) is 83.5 Å². The van der Waals surface area contributed by atoms with E-state index in [1.54, 1.807) is 0 Å². The third-order valence-electron chi connectivity index (χ3n) is 2.60. The lowest BCUT2D eigenvalue weighted by Gasteiger charge is -2.16. The second-order valence-electron chi connectivity index (χ2n) is 5.02. The summed E-state index contributed by atoms with van der Waals surface area (Å²) < 4.78 is 38.7. The maximum Gasteiger partial charge on any atom is 0.321 e. The number of carbonyl (C=O) groups is 1. The summed E-state index contributed by atoms with van der Waals surface area (Å²) in [4.78, 5) is 11.0. The lowest BCUT2D eigenvalue weighted by molar-refractivity contribution is -0.139. The Bertz CT molecular complexity index is 554. The Morgan fingerprint density at radius 2 is 1.85 bits per heavy atom. The van der Waals surface area contributed by atoms with Crippen molar-refractivity contribution >= 4 is 16.0 Å². The Balaban J connectivity index is 2.77. The van der Waals surface area contributed by atoms with Crippen LogP contribution in [0.2, 0.25) is 0 Å². The summed E-state index contributed by atoms with van der Waals surface area (Å²) in [6, 6.07) is 3.88. The molecule has 2 N–H and O–H groups in total. The largest absolute Gasteiger partial charge is 0.480 e. The fourth-order valence-corrected chi connectivity index (χ4v) is 3.07. The zero-order chi connectivity index (χ0) is 15.3. The molecular weight excluding hydrogens is 285 g/mol. The second-order valence-corrected chi connectivity index (χ2v) is 6.78. The molecular formula is C13H18FNO4S. The van der Waals surface area contributed by atoms with Crippen molar-refractivity contribution in [1.82, 2.24) is 4.72 Å². The van der Waals surface area contributed by atoms with Gasteiger partial charge in [-0.05, 0) is 30.0 Å². The molecule has 0 spiro atoms. The highest BCUT2D eigenvalue weighted by molar-refractivity contribution is 7.88. The Morgan fingerprint density at radius 1 is 1.30 bits per heavy atom. The zero-order valence-electron chi connectivity index (χ0n) is 11.3. The summed E-state index contributed by atoms with van der Waals surface area (Å²) in [6.07, 6.45) is 0.206. The average Bonchev–Trinajstić information content (AvgIpc) is 2.30. The third kappa shape index (κ3) is 5.66. The molecule has 0 aliphatic heterocycles. The van der Waals surface area contributed by atoms with Crippen LogP contribution in [-0.2, 0) is 20.6 Å². The first-order valence-electron chi connectivity index (χ1n) is 6.17. The maximum atomic E-state index is 12.7. The molecule has 1 rings (SSSR count). The number of halogens is 1. The number of carboxylic acids is 1. The quantitative estimate of drug-likeness (QED) is 0.803. The van der Waals surface area contributed by atoms with E-state index in [1.165, 1.54) is 12.1 Å². The second kappa shape index (κ2) is 6.81. The molecule has 0 heterocycles. The molecule has 20 heavy (non-hydrogen) atoms. The number of sulfonamides is 1. The van der Waals surface area contributed by atoms with Gasteiger partial charge in [0, 0.05) is 0 Å². The highest BCUT2D eigenvalue weighted by Crippen LogP contribution is 2.10. The molecule has 0 unspecified atom stereocenters. The molecule has 7 heteroatoms. The van der Waals surface area contributed by atoms with Crippen LogP contribution in [0.5, 0.6) is 0 Å². The van der Waals surface area contributed by atoms with Gasteiger partial charge in [-0.2, -0.15) is 0 Å². The molecule has 0 bridgehead atoms. The molecule has 1 aromatic rings. The number of hydrogen-bond acceptors (Lipinski definition) is 3. The van der Waals surface area contributed by atoms with Gasteiger partial charge < -0.3 is 5.11 Å².